The van der Waals surface area contributed by atoms with E-state index in [0.29, 0.717) is 96.6 Å². The molecule has 6 heterocycles. The summed E-state index contributed by atoms with van der Waals surface area (Å²) in [6.45, 7) is 14.3. The van der Waals surface area contributed by atoms with E-state index in [2.05, 4.69) is 44.7 Å². The van der Waals surface area contributed by atoms with Crippen molar-refractivity contribution in [2.45, 2.75) is 65.7 Å². The highest BCUT2D eigenvalue weighted by Crippen LogP contribution is 2.47. The Labute approximate surface area is 336 Å². The van der Waals surface area contributed by atoms with Gasteiger partial charge in [-0.05, 0) is 124 Å². The molecule has 0 saturated heterocycles. The van der Waals surface area contributed by atoms with Gasteiger partial charge in [-0.1, -0.05) is 35.3 Å². The molecule has 0 atom stereocenters. The van der Waals surface area contributed by atoms with Crippen molar-refractivity contribution in [1.29, 1.82) is 0 Å². The highest BCUT2D eigenvalue weighted by atomic mass is 35.5. The maximum absolute atomic E-state index is 13.7. The molecule has 4 aromatic carbocycles. The van der Waals surface area contributed by atoms with Gasteiger partial charge in [0.15, 0.2) is 11.2 Å². The number of benzene rings is 4. The van der Waals surface area contributed by atoms with Crippen LogP contribution >= 0.6 is 23.2 Å². The van der Waals surface area contributed by atoms with E-state index < -0.39 is 11.3 Å². The summed E-state index contributed by atoms with van der Waals surface area (Å²) >= 11 is 12.8. The van der Waals surface area contributed by atoms with E-state index >= 15 is 0 Å². The number of rotatable bonds is 4. The Morgan fingerprint density at radius 3 is 1.39 bits per heavy atom. The molecule has 0 radical (unpaired) electrons. The zero-order chi connectivity index (χ0) is 39.7. The molecule has 0 spiro atoms. The molecule has 2 aliphatic heterocycles. The third-order valence-corrected chi connectivity index (χ3v) is 10.9. The molecule has 4 aromatic heterocycles. The molecule has 0 saturated carbocycles. The number of anilines is 4. The zero-order valence-electron chi connectivity index (χ0n) is 32.1. The number of nitrogens with one attached hydrogen (secondary N) is 2. The number of hydrogen-bond acceptors (Lipinski definition) is 10. The number of halogens is 2. The van der Waals surface area contributed by atoms with E-state index in [1.165, 1.54) is 0 Å². The van der Waals surface area contributed by atoms with E-state index in [9.17, 15) is 9.59 Å². The van der Waals surface area contributed by atoms with Crippen molar-refractivity contribution in [3.63, 3.8) is 0 Å². The second-order valence-electron chi connectivity index (χ2n) is 17.1. The van der Waals surface area contributed by atoms with Crippen LogP contribution in [0.1, 0.15) is 52.7 Å². The zero-order valence-corrected chi connectivity index (χ0v) is 33.7. The molecule has 2 N–H and O–H groups in total. The molecule has 0 fully saturated rings. The summed E-state index contributed by atoms with van der Waals surface area (Å²) in [6.07, 6.45) is 0. The third-order valence-electron chi connectivity index (χ3n) is 10.5. The van der Waals surface area contributed by atoms with Gasteiger partial charge in [0.05, 0.1) is 28.6 Å². The molecule has 0 unspecified atom stereocenters. The Hall–Kier alpha value is -5.84. The fourth-order valence-electron chi connectivity index (χ4n) is 8.27. The molecule has 10 rings (SSSR count). The molecular weight excluding hydrogens is 763 g/mol. The predicted octanol–water partition coefficient (Wildman–Crippen LogP) is 11.8. The largest absolute Gasteiger partial charge is 0.439 e. The first-order valence-electron chi connectivity index (χ1n) is 18.8. The lowest BCUT2D eigenvalue weighted by Gasteiger charge is -2.45. The van der Waals surface area contributed by atoms with Gasteiger partial charge in [-0.25, -0.2) is 9.59 Å². The van der Waals surface area contributed by atoms with Crippen molar-refractivity contribution in [2.24, 2.45) is 0 Å². The van der Waals surface area contributed by atoms with Gasteiger partial charge in [0, 0.05) is 45.6 Å². The van der Waals surface area contributed by atoms with Crippen LogP contribution < -0.4 is 31.7 Å². The van der Waals surface area contributed by atoms with Gasteiger partial charge >= 0.3 is 11.3 Å². The monoisotopic (exact) mass is 800 g/mol. The summed E-state index contributed by atoms with van der Waals surface area (Å²) in [7, 11) is 0. The molecule has 57 heavy (non-hydrogen) atoms. The van der Waals surface area contributed by atoms with Crippen LogP contribution in [0.2, 0.25) is 10.0 Å². The molecule has 0 amide bonds. The molecule has 10 nitrogen and oxygen atoms in total. The third kappa shape index (κ3) is 5.92. The van der Waals surface area contributed by atoms with Crippen LogP contribution in [-0.2, 0) is 13.1 Å². The van der Waals surface area contributed by atoms with Crippen molar-refractivity contribution >= 4 is 90.2 Å². The normalized spacial score (nSPS) is 14.2. The summed E-state index contributed by atoms with van der Waals surface area (Å²) in [4.78, 5) is 32.0. The van der Waals surface area contributed by atoms with Crippen LogP contribution in [0, 0.1) is 0 Å². The Morgan fingerprint density at radius 2 is 0.982 bits per heavy atom. The number of fused-ring (bicyclic) bond motifs is 12. The first kappa shape index (κ1) is 35.6. The average molecular weight is 802 g/mol. The lowest BCUT2D eigenvalue weighted by atomic mass is 9.94. The van der Waals surface area contributed by atoms with Crippen LogP contribution in [0.4, 0.5) is 23.1 Å². The predicted molar refractivity (Wildman–Crippen MR) is 229 cm³/mol. The molecule has 2 bridgehead atoms. The van der Waals surface area contributed by atoms with E-state index in [0.717, 1.165) is 33.6 Å². The van der Waals surface area contributed by atoms with Crippen LogP contribution in [0.3, 0.4) is 0 Å². The first-order chi connectivity index (χ1) is 27.1. The van der Waals surface area contributed by atoms with Crippen molar-refractivity contribution < 1.29 is 17.7 Å². The molecular formula is C45H38Cl2N4O6. The summed E-state index contributed by atoms with van der Waals surface area (Å²) in [5.74, 6) is 0.980. The first-order valence-corrected chi connectivity index (χ1v) is 19.5. The summed E-state index contributed by atoms with van der Waals surface area (Å²) < 4.78 is 24.6. The van der Waals surface area contributed by atoms with E-state index in [1.54, 1.807) is 36.4 Å². The Balaban J connectivity index is 1.07. The van der Waals surface area contributed by atoms with Gasteiger partial charge in [0.1, 0.15) is 21.9 Å². The van der Waals surface area contributed by atoms with Gasteiger partial charge in [-0.15, -0.1) is 0 Å². The summed E-state index contributed by atoms with van der Waals surface area (Å²) in [5, 5.41) is 10.0. The fraction of sp³-hybridized carbons (Fsp3) is 0.244. The van der Waals surface area contributed by atoms with Gasteiger partial charge < -0.3 is 38.1 Å². The molecule has 12 heteroatoms. The van der Waals surface area contributed by atoms with Crippen LogP contribution in [0.5, 0.6) is 0 Å². The minimum absolute atomic E-state index is 0.362. The Kier molecular flexibility index (Phi) is 7.69. The van der Waals surface area contributed by atoms with Gasteiger partial charge in [-0.2, -0.15) is 0 Å². The van der Waals surface area contributed by atoms with Gasteiger partial charge in [-0.3, -0.25) is 0 Å². The maximum atomic E-state index is 13.7. The van der Waals surface area contributed by atoms with Gasteiger partial charge in [0.2, 0.25) is 11.8 Å². The minimum atomic E-state index is -0.478. The van der Waals surface area contributed by atoms with Crippen LogP contribution in [-0.4, -0.2) is 17.7 Å². The molecule has 2 aliphatic rings. The summed E-state index contributed by atoms with van der Waals surface area (Å²) in [6, 6.07) is 22.9. The highest BCUT2D eigenvalue weighted by molar-refractivity contribution is 6.32. The Morgan fingerprint density at radius 1 is 0.561 bits per heavy atom. The van der Waals surface area contributed by atoms with E-state index in [4.69, 9.17) is 40.9 Å². The SMILES string of the molecule is CC(C)(C)Nc1oc2c(c1-c1ccc3c(c1)CN1CN3Cc3cc(-c4c(NC(C)(C)C)oc5c4c(=O)oc4ccc(Cl)cc45)ccc31)c(=O)oc1ccc(Cl)cc12. The minimum Gasteiger partial charge on any atom is -0.439 e. The number of furan rings is 2. The maximum Gasteiger partial charge on any atom is 0.348 e. The van der Waals surface area contributed by atoms with Gasteiger partial charge in [0.25, 0.3) is 0 Å². The van der Waals surface area contributed by atoms with Crippen molar-refractivity contribution in [3.8, 4) is 22.3 Å². The second-order valence-corrected chi connectivity index (χ2v) is 17.9. The fourth-order valence-corrected chi connectivity index (χ4v) is 8.61. The van der Waals surface area contributed by atoms with Crippen LogP contribution in [0.15, 0.2) is 100 Å². The lowest BCUT2D eigenvalue weighted by molar-refractivity contribution is 0.556. The van der Waals surface area contributed by atoms with Crippen LogP contribution in [0.25, 0.3) is 66.1 Å². The molecule has 8 aromatic rings. The standard InChI is InChI=1S/C45H38Cl2N4O6/c1-44(2,3)48-40-34(36-38(56-40)28-17-26(46)9-13-32(28)54-42(36)52)22-7-11-30-24(15-22)19-50-21-51(30)20-25-16-23(8-12-31(25)50)35-37-39(57-41(35)49-45(4,5)6)29-18-27(47)10-14-33(29)55-43(37)53/h7-18,48-49H,19-21H2,1-6H3. The van der Waals surface area contributed by atoms with E-state index in [-0.39, 0.29) is 11.1 Å². The van der Waals surface area contributed by atoms with Crippen molar-refractivity contribution in [3.05, 3.63) is 115 Å². The summed E-state index contributed by atoms with van der Waals surface area (Å²) in [5.41, 5.74) is 7.38. The molecule has 288 valence electrons. The smallest absolute Gasteiger partial charge is 0.348 e. The quantitative estimate of drug-likeness (QED) is 0.167. The lowest BCUT2D eigenvalue weighted by Crippen LogP contribution is -2.46. The van der Waals surface area contributed by atoms with Crippen molar-refractivity contribution in [1.82, 2.24) is 0 Å². The molecule has 0 aliphatic carbocycles. The second kappa shape index (κ2) is 12.3. The Bertz CT molecular complexity index is 2920. The highest BCUT2D eigenvalue weighted by Gasteiger charge is 2.33. The van der Waals surface area contributed by atoms with E-state index in [1.807, 2.05) is 53.7 Å². The number of nitrogens with zero attached hydrogens (tertiary/aromatic N) is 2. The average Bonchev–Trinajstić information content (AvgIpc) is 3.70. The topological polar surface area (TPSA) is 117 Å². The van der Waals surface area contributed by atoms with Crippen molar-refractivity contribution in [2.75, 3.05) is 27.1 Å². The number of hydrogen-bond donors (Lipinski definition) is 2.